The summed E-state index contributed by atoms with van der Waals surface area (Å²) in [5.74, 6) is 0. The Morgan fingerprint density at radius 1 is 0.292 bits per heavy atom. The molecule has 6 heteroatoms. The Hall–Kier alpha value is -9.52. The van der Waals surface area contributed by atoms with Crippen molar-refractivity contribution in [2.24, 2.45) is 0 Å². The van der Waals surface area contributed by atoms with E-state index in [0.29, 0.717) is 0 Å². The van der Waals surface area contributed by atoms with Crippen LogP contribution in [-0.4, -0.2) is 29.1 Å². The molecular formula is C66H48N6. The third-order valence-corrected chi connectivity index (χ3v) is 13.5. The molecule has 0 fully saturated rings. The van der Waals surface area contributed by atoms with Crippen molar-refractivity contribution in [3.63, 3.8) is 0 Å². The van der Waals surface area contributed by atoms with Gasteiger partial charge in [0, 0.05) is 69.0 Å². The van der Waals surface area contributed by atoms with Crippen LogP contribution >= 0.6 is 0 Å². The minimum Gasteiger partial charge on any atom is -0.309 e. The summed E-state index contributed by atoms with van der Waals surface area (Å²) in [5, 5.41) is 3.42. The first-order chi connectivity index (χ1) is 35.7. The topological polar surface area (TPSA) is 61.4 Å². The van der Waals surface area contributed by atoms with Crippen LogP contribution in [0, 0.1) is 0 Å². The monoisotopic (exact) mass is 924 g/mol. The second-order valence-corrected chi connectivity index (χ2v) is 17.7. The lowest BCUT2D eigenvalue weighted by atomic mass is 9.94. The molecule has 72 heavy (non-hydrogen) atoms. The van der Waals surface area contributed by atoms with Crippen molar-refractivity contribution >= 4 is 43.7 Å². The first-order valence-corrected chi connectivity index (χ1v) is 24.3. The molecule has 6 nitrogen and oxygen atoms in total. The lowest BCUT2D eigenvalue weighted by molar-refractivity contribution is 1.13. The Labute approximate surface area is 418 Å². The molecule has 0 saturated carbocycles. The van der Waals surface area contributed by atoms with Gasteiger partial charge in [-0.25, -0.2) is 0 Å². The predicted molar refractivity (Wildman–Crippen MR) is 299 cm³/mol. The van der Waals surface area contributed by atoms with E-state index >= 15 is 0 Å². The van der Waals surface area contributed by atoms with Crippen LogP contribution in [0.1, 0.15) is 13.8 Å². The van der Waals surface area contributed by atoms with Crippen molar-refractivity contribution in [1.29, 1.82) is 0 Å². The van der Waals surface area contributed by atoms with Crippen LogP contribution in [-0.2, 0) is 0 Å². The van der Waals surface area contributed by atoms with E-state index in [1.165, 1.54) is 0 Å². The highest BCUT2D eigenvalue weighted by Gasteiger charge is 2.20. The van der Waals surface area contributed by atoms with E-state index in [1.807, 2.05) is 93.3 Å². The zero-order valence-electron chi connectivity index (χ0n) is 39.9. The van der Waals surface area contributed by atoms with Crippen LogP contribution in [0.25, 0.3) is 122 Å². The van der Waals surface area contributed by atoms with E-state index in [2.05, 4.69) is 185 Å². The summed E-state index contributed by atoms with van der Waals surface area (Å²) in [5.41, 5.74) is 20.3. The zero-order chi connectivity index (χ0) is 48.4. The molecule has 0 unspecified atom stereocenters. The fraction of sp³-hybridized carbons (Fsp3) is 0.0303. The smallest absolute Gasteiger partial charge is 0.0963 e. The average Bonchev–Trinajstić information content (AvgIpc) is 3.98. The summed E-state index contributed by atoms with van der Waals surface area (Å²) in [6.45, 7) is 4.00. The highest BCUT2D eigenvalue weighted by molar-refractivity contribution is 6.13. The molecule has 13 aromatic rings. The molecule has 0 spiro atoms. The average molecular weight is 925 g/mol. The molecule has 0 N–H and O–H groups in total. The third kappa shape index (κ3) is 7.91. The fourth-order valence-electron chi connectivity index (χ4n) is 10.1. The molecule has 0 aliphatic heterocycles. The van der Waals surface area contributed by atoms with Gasteiger partial charge in [-0.1, -0.05) is 127 Å². The molecule has 0 aliphatic rings. The number of aromatic nitrogens is 6. The molecule has 0 radical (unpaired) electrons. The van der Waals surface area contributed by atoms with Gasteiger partial charge in [-0.05, 0) is 150 Å². The Bertz CT molecular complexity index is 3970. The minimum atomic E-state index is 0.946. The largest absolute Gasteiger partial charge is 0.309 e. The minimum absolute atomic E-state index is 0.946. The van der Waals surface area contributed by atoms with Crippen LogP contribution < -0.4 is 0 Å². The second kappa shape index (κ2) is 19.1. The standard InChI is InChI=1S/C62H40N6.C4H8/c1-4-20-49(55-23-7-10-33-63-55)46(17-1)41-27-30-58-52(37-41)53-38-42(47-18-2-5-21-50(47)56-24-8-11-34-64-56)28-31-59(53)67(58)44-15-13-16-45(40-44)68-60-32-29-43(39-54(60)62-61(68)26-14-36-66-62)48-19-3-6-22-51(48)57-25-9-12-35-65-57;1-3-4-2/h1-40H;3-4H,1-2H3/b;4-3-. The van der Waals surface area contributed by atoms with Crippen LogP contribution in [0.2, 0.25) is 0 Å². The summed E-state index contributed by atoms with van der Waals surface area (Å²) >= 11 is 0. The summed E-state index contributed by atoms with van der Waals surface area (Å²) in [6.07, 6.45) is 11.5. The summed E-state index contributed by atoms with van der Waals surface area (Å²) in [6, 6.07) is 77.5. The van der Waals surface area contributed by atoms with Gasteiger partial charge in [-0.3, -0.25) is 19.9 Å². The third-order valence-electron chi connectivity index (χ3n) is 13.5. The normalized spacial score (nSPS) is 11.4. The predicted octanol–water partition coefficient (Wildman–Crippen LogP) is 17.0. The number of hydrogen-bond donors (Lipinski definition) is 0. The van der Waals surface area contributed by atoms with Crippen molar-refractivity contribution in [1.82, 2.24) is 29.1 Å². The molecular weight excluding hydrogens is 877 g/mol. The molecule has 13 rings (SSSR count). The van der Waals surface area contributed by atoms with Crippen molar-refractivity contribution in [2.45, 2.75) is 13.8 Å². The van der Waals surface area contributed by atoms with E-state index in [-0.39, 0.29) is 0 Å². The molecule has 6 aromatic heterocycles. The zero-order valence-corrected chi connectivity index (χ0v) is 39.9. The summed E-state index contributed by atoms with van der Waals surface area (Å²) < 4.78 is 4.76. The maximum Gasteiger partial charge on any atom is 0.0963 e. The van der Waals surface area contributed by atoms with Crippen LogP contribution in [0.3, 0.4) is 0 Å². The first kappa shape index (κ1) is 43.7. The number of allylic oxidation sites excluding steroid dienone is 2. The lowest BCUT2D eigenvalue weighted by Gasteiger charge is -2.14. The number of pyridine rings is 4. The highest BCUT2D eigenvalue weighted by atomic mass is 15.0. The maximum atomic E-state index is 5.00. The SMILES string of the molecule is C/C=C\C.c1ccc(-c2ccccc2-c2ccc3c(c2)c2cc(-c4ccccc4-c4ccccn4)ccc2n3-c2cccc(-n3c4ccc(-c5ccccc5-c5ccccn5)cc4c4ncccc43)c2)nc1. The molecule has 0 amide bonds. The van der Waals surface area contributed by atoms with Gasteiger partial charge in [-0.15, -0.1) is 0 Å². The van der Waals surface area contributed by atoms with Gasteiger partial charge in [0.1, 0.15) is 0 Å². The van der Waals surface area contributed by atoms with Crippen molar-refractivity contribution in [3.05, 3.63) is 255 Å². The van der Waals surface area contributed by atoms with Gasteiger partial charge < -0.3 is 9.13 Å². The van der Waals surface area contributed by atoms with E-state index in [4.69, 9.17) is 19.9 Å². The van der Waals surface area contributed by atoms with Crippen molar-refractivity contribution in [3.8, 4) is 78.5 Å². The van der Waals surface area contributed by atoms with Gasteiger partial charge in [0.25, 0.3) is 0 Å². The van der Waals surface area contributed by atoms with E-state index in [9.17, 15) is 0 Å². The Morgan fingerprint density at radius 3 is 1.08 bits per heavy atom. The van der Waals surface area contributed by atoms with Crippen LogP contribution in [0.5, 0.6) is 0 Å². The van der Waals surface area contributed by atoms with Gasteiger partial charge in [0.05, 0.1) is 44.7 Å². The molecule has 0 aliphatic carbocycles. The maximum absolute atomic E-state index is 5.00. The Morgan fingerprint density at radius 2 is 0.667 bits per heavy atom. The molecule has 0 bridgehead atoms. The van der Waals surface area contributed by atoms with Gasteiger partial charge in [0.2, 0.25) is 0 Å². The quantitative estimate of drug-likeness (QED) is 0.142. The van der Waals surface area contributed by atoms with E-state index in [0.717, 1.165) is 122 Å². The number of nitrogens with zero attached hydrogens (tertiary/aromatic N) is 6. The molecule has 7 aromatic carbocycles. The van der Waals surface area contributed by atoms with E-state index in [1.54, 1.807) is 0 Å². The summed E-state index contributed by atoms with van der Waals surface area (Å²) in [4.78, 5) is 19.2. The Kier molecular flexibility index (Phi) is 11.6. The number of rotatable bonds is 8. The Balaban J connectivity index is 0.00000128. The fourth-order valence-corrected chi connectivity index (χ4v) is 10.1. The molecule has 342 valence electrons. The lowest BCUT2D eigenvalue weighted by Crippen LogP contribution is -1.98. The van der Waals surface area contributed by atoms with E-state index < -0.39 is 0 Å². The van der Waals surface area contributed by atoms with Gasteiger partial charge in [0.15, 0.2) is 0 Å². The summed E-state index contributed by atoms with van der Waals surface area (Å²) in [7, 11) is 0. The molecule has 6 heterocycles. The first-order valence-electron chi connectivity index (χ1n) is 24.3. The van der Waals surface area contributed by atoms with Gasteiger partial charge in [-0.2, -0.15) is 0 Å². The van der Waals surface area contributed by atoms with Crippen LogP contribution in [0.4, 0.5) is 0 Å². The number of benzene rings is 7. The number of fused-ring (bicyclic) bond motifs is 6. The van der Waals surface area contributed by atoms with Crippen molar-refractivity contribution < 1.29 is 0 Å². The van der Waals surface area contributed by atoms with Crippen LogP contribution in [0.15, 0.2) is 255 Å². The van der Waals surface area contributed by atoms with Gasteiger partial charge >= 0.3 is 0 Å². The van der Waals surface area contributed by atoms with Crippen molar-refractivity contribution in [2.75, 3.05) is 0 Å². The highest BCUT2D eigenvalue weighted by Crippen LogP contribution is 2.42. The molecule has 0 saturated heterocycles. The number of hydrogen-bond acceptors (Lipinski definition) is 4. The second-order valence-electron chi connectivity index (χ2n) is 17.7. The molecule has 0 atom stereocenters.